The van der Waals surface area contributed by atoms with Gasteiger partial charge in [0.2, 0.25) is 0 Å². The van der Waals surface area contributed by atoms with Crippen LogP contribution >= 0.6 is 11.8 Å². The number of ether oxygens (including phenoxy) is 1. The van der Waals surface area contributed by atoms with Gasteiger partial charge in [-0.2, -0.15) is 11.8 Å². The molecule has 5 heteroatoms. The molecule has 4 rings (SSSR count). The Morgan fingerprint density at radius 1 is 1.33 bits per heavy atom. The van der Waals surface area contributed by atoms with Crippen molar-refractivity contribution in [3.05, 3.63) is 23.3 Å². The maximum Gasteiger partial charge on any atom is 0.158 e. The first kappa shape index (κ1) is 14.0. The van der Waals surface area contributed by atoms with Crippen LogP contribution in [0, 0.1) is 5.92 Å². The van der Waals surface area contributed by atoms with Crippen LogP contribution in [-0.4, -0.2) is 40.7 Å². The fraction of sp³-hybridized carbons (Fsp3) is 0.750. The van der Waals surface area contributed by atoms with E-state index in [2.05, 4.69) is 16.5 Å². The van der Waals surface area contributed by atoms with Gasteiger partial charge in [0.1, 0.15) is 6.10 Å². The number of hydrogen-bond donors (Lipinski definition) is 1. The van der Waals surface area contributed by atoms with Crippen LogP contribution in [0.2, 0.25) is 0 Å². The first-order valence-corrected chi connectivity index (χ1v) is 9.31. The fourth-order valence-electron chi connectivity index (χ4n) is 3.19. The van der Waals surface area contributed by atoms with E-state index in [-0.39, 0.29) is 6.10 Å². The number of thioether (sulfide) groups is 1. The summed E-state index contributed by atoms with van der Waals surface area (Å²) in [6.07, 6.45) is 8.39. The van der Waals surface area contributed by atoms with Crippen molar-refractivity contribution in [3.63, 3.8) is 0 Å². The van der Waals surface area contributed by atoms with E-state index in [0.717, 1.165) is 55.3 Å². The van der Waals surface area contributed by atoms with Crippen LogP contribution in [0.4, 0.5) is 0 Å². The Hall–Kier alpha value is -0.650. The van der Waals surface area contributed by atoms with Gasteiger partial charge in [0.05, 0.1) is 6.61 Å². The summed E-state index contributed by atoms with van der Waals surface area (Å²) in [5, 5.41) is 3.66. The smallest absolute Gasteiger partial charge is 0.158 e. The molecule has 1 saturated carbocycles. The predicted molar refractivity (Wildman–Crippen MR) is 84.6 cm³/mol. The normalized spacial score (nSPS) is 29.1. The van der Waals surface area contributed by atoms with Gasteiger partial charge in [0.25, 0.3) is 0 Å². The summed E-state index contributed by atoms with van der Waals surface area (Å²) in [6.45, 7) is 1.99. The number of hydrogen-bond acceptors (Lipinski definition) is 5. The summed E-state index contributed by atoms with van der Waals surface area (Å²) in [5.41, 5.74) is 2.62. The average Bonchev–Trinajstić information content (AvgIpc) is 3.37. The van der Waals surface area contributed by atoms with Crippen LogP contribution in [0.5, 0.6) is 0 Å². The first-order valence-electron chi connectivity index (χ1n) is 8.16. The molecule has 2 heterocycles. The van der Waals surface area contributed by atoms with E-state index in [0.29, 0.717) is 0 Å². The van der Waals surface area contributed by atoms with Crippen molar-refractivity contribution in [2.75, 3.05) is 24.7 Å². The molecule has 3 aliphatic rings. The summed E-state index contributed by atoms with van der Waals surface area (Å²) in [6, 6.07) is 0.811. The molecule has 0 radical (unpaired) electrons. The Balaban J connectivity index is 1.41. The van der Waals surface area contributed by atoms with Gasteiger partial charge < -0.3 is 10.1 Å². The minimum absolute atomic E-state index is 0.100. The molecule has 1 aliphatic heterocycles. The number of fused-ring (bicyclic) bond motifs is 1. The lowest BCUT2D eigenvalue weighted by molar-refractivity contribution is 0.0691. The summed E-state index contributed by atoms with van der Waals surface area (Å²) >= 11 is 1.94. The number of nitrogens with one attached hydrogen (secondary N) is 1. The quantitative estimate of drug-likeness (QED) is 0.923. The standard InChI is InChI=1S/C16H23N3OS/c1-4-14-12(7-11(1)8-17-13-2-3-13)9-18-16(19-14)15-10-21-6-5-20-15/h9,11,13,15,17H,1-8,10H2. The lowest BCUT2D eigenvalue weighted by Gasteiger charge is -2.26. The molecule has 0 amide bonds. The number of nitrogens with zero attached hydrogens (tertiary/aromatic N) is 2. The SMILES string of the molecule is c1nc(C2CSCCO2)nc2c1CC(CNC1CC1)CC2. The summed E-state index contributed by atoms with van der Waals surface area (Å²) in [5.74, 6) is 3.74. The zero-order valence-electron chi connectivity index (χ0n) is 12.4. The molecule has 1 saturated heterocycles. The Labute approximate surface area is 130 Å². The van der Waals surface area contributed by atoms with Gasteiger partial charge in [-0.25, -0.2) is 9.97 Å². The molecular weight excluding hydrogens is 282 g/mol. The van der Waals surface area contributed by atoms with Crippen LogP contribution in [0.15, 0.2) is 6.20 Å². The number of aryl methyl sites for hydroxylation is 1. The molecule has 2 aliphatic carbocycles. The van der Waals surface area contributed by atoms with Crippen LogP contribution in [-0.2, 0) is 17.6 Å². The van der Waals surface area contributed by atoms with Crippen molar-refractivity contribution in [1.29, 1.82) is 0 Å². The Kier molecular flexibility index (Phi) is 4.14. The minimum atomic E-state index is 0.100. The topological polar surface area (TPSA) is 47.0 Å². The molecule has 2 unspecified atom stereocenters. The van der Waals surface area contributed by atoms with E-state index in [1.54, 1.807) is 0 Å². The predicted octanol–water partition coefficient (Wildman–Crippen LogP) is 2.14. The molecule has 1 aromatic rings. The van der Waals surface area contributed by atoms with Gasteiger partial charge in [-0.3, -0.25) is 0 Å². The highest BCUT2D eigenvalue weighted by Gasteiger charge is 2.26. The van der Waals surface area contributed by atoms with Crippen molar-refractivity contribution in [3.8, 4) is 0 Å². The van der Waals surface area contributed by atoms with Gasteiger partial charge in [-0.05, 0) is 50.1 Å². The molecule has 4 nitrogen and oxygen atoms in total. The molecule has 2 fully saturated rings. The zero-order valence-corrected chi connectivity index (χ0v) is 13.2. The third kappa shape index (κ3) is 3.41. The Morgan fingerprint density at radius 2 is 2.29 bits per heavy atom. The highest BCUT2D eigenvalue weighted by atomic mass is 32.2. The number of aromatic nitrogens is 2. The molecule has 21 heavy (non-hydrogen) atoms. The third-order valence-corrected chi connectivity index (χ3v) is 5.64. The lowest BCUT2D eigenvalue weighted by Crippen LogP contribution is -2.29. The Morgan fingerprint density at radius 3 is 3.10 bits per heavy atom. The summed E-state index contributed by atoms with van der Waals surface area (Å²) in [4.78, 5) is 9.40. The molecular formula is C16H23N3OS. The first-order chi connectivity index (χ1) is 10.4. The minimum Gasteiger partial charge on any atom is -0.368 e. The monoisotopic (exact) mass is 305 g/mol. The molecule has 2 atom stereocenters. The third-order valence-electron chi connectivity index (χ3n) is 4.65. The van der Waals surface area contributed by atoms with Gasteiger partial charge in [0.15, 0.2) is 5.82 Å². The largest absolute Gasteiger partial charge is 0.368 e. The van der Waals surface area contributed by atoms with E-state index in [1.165, 1.54) is 30.5 Å². The molecule has 1 N–H and O–H groups in total. The maximum atomic E-state index is 5.79. The van der Waals surface area contributed by atoms with Gasteiger partial charge in [-0.15, -0.1) is 0 Å². The second kappa shape index (κ2) is 6.23. The van der Waals surface area contributed by atoms with Gasteiger partial charge in [-0.1, -0.05) is 0 Å². The number of rotatable bonds is 4. The van der Waals surface area contributed by atoms with Crippen molar-refractivity contribution < 1.29 is 4.74 Å². The molecule has 0 bridgehead atoms. The van der Waals surface area contributed by atoms with Crippen molar-refractivity contribution >= 4 is 11.8 Å². The van der Waals surface area contributed by atoms with E-state index in [4.69, 9.17) is 9.72 Å². The maximum absolute atomic E-state index is 5.79. The fourth-order valence-corrected chi connectivity index (χ4v) is 4.03. The van der Waals surface area contributed by atoms with Crippen LogP contribution in [0.1, 0.15) is 42.4 Å². The van der Waals surface area contributed by atoms with E-state index >= 15 is 0 Å². The highest BCUT2D eigenvalue weighted by molar-refractivity contribution is 7.99. The van der Waals surface area contributed by atoms with E-state index < -0.39 is 0 Å². The summed E-state index contributed by atoms with van der Waals surface area (Å²) in [7, 11) is 0. The van der Waals surface area contributed by atoms with Crippen LogP contribution in [0.25, 0.3) is 0 Å². The average molecular weight is 305 g/mol. The molecule has 1 aromatic heterocycles. The van der Waals surface area contributed by atoms with Gasteiger partial charge in [0, 0.05) is 29.4 Å². The zero-order chi connectivity index (χ0) is 14.1. The lowest BCUT2D eigenvalue weighted by atomic mass is 9.87. The molecule has 0 spiro atoms. The van der Waals surface area contributed by atoms with E-state index in [1.807, 2.05) is 11.8 Å². The van der Waals surface area contributed by atoms with E-state index in [9.17, 15) is 0 Å². The molecule has 114 valence electrons. The second-order valence-electron chi connectivity index (χ2n) is 6.43. The van der Waals surface area contributed by atoms with Crippen LogP contribution < -0.4 is 5.32 Å². The van der Waals surface area contributed by atoms with Crippen molar-refractivity contribution in [2.24, 2.45) is 5.92 Å². The van der Waals surface area contributed by atoms with Crippen LogP contribution in [0.3, 0.4) is 0 Å². The second-order valence-corrected chi connectivity index (χ2v) is 7.58. The van der Waals surface area contributed by atoms with Crippen molar-refractivity contribution in [2.45, 2.75) is 44.2 Å². The van der Waals surface area contributed by atoms with Crippen molar-refractivity contribution in [1.82, 2.24) is 15.3 Å². The Bertz CT molecular complexity index is 500. The summed E-state index contributed by atoms with van der Waals surface area (Å²) < 4.78 is 5.79. The molecule has 0 aromatic carbocycles. The van der Waals surface area contributed by atoms with Gasteiger partial charge >= 0.3 is 0 Å². The highest BCUT2D eigenvalue weighted by Crippen LogP contribution is 2.28.